The molecule has 0 spiro atoms. The van der Waals surface area contributed by atoms with Crippen LogP contribution < -0.4 is 0 Å². The van der Waals surface area contributed by atoms with E-state index in [2.05, 4.69) is 36.3 Å². The minimum Gasteiger partial charge on any atom is -0.343 e. The summed E-state index contributed by atoms with van der Waals surface area (Å²) in [6.45, 7) is 7.76. The van der Waals surface area contributed by atoms with E-state index in [4.69, 9.17) is 11.6 Å². The van der Waals surface area contributed by atoms with Gasteiger partial charge in [-0.2, -0.15) is 5.10 Å². The van der Waals surface area contributed by atoms with Gasteiger partial charge in [0.2, 0.25) is 11.8 Å². The first-order valence-electron chi connectivity index (χ1n) is 11.9. The third-order valence-corrected chi connectivity index (χ3v) is 7.20. The van der Waals surface area contributed by atoms with Gasteiger partial charge in [-0.1, -0.05) is 41.4 Å². The first-order chi connectivity index (χ1) is 15.9. The van der Waals surface area contributed by atoms with E-state index in [1.165, 1.54) is 5.56 Å². The Labute approximate surface area is 201 Å². The molecule has 0 unspecified atom stereocenters. The van der Waals surface area contributed by atoms with Crippen molar-refractivity contribution in [2.45, 2.75) is 52.5 Å². The molecular formula is C26H33ClN4O2. The van der Waals surface area contributed by atoms with Crippen LogP contribution in [0.15, 0.2) is 30.3 Å². The van der Waals surface area contributed by atoms with Gasteiger partial charge in [-0.15, -0.1) is 0 Å². The Morgan fingerprint density at radius 2 is 1.70 bits per heavy atom. The second-order valence-electron chi connectivity index (χ2n) is 9.33. The number of benzene rings is 1. The zero-order valence-electron chi connectivity index (χ0n) is 19.6. The van der Waals surface area contributed by atoms with Crippen LogP contribution in [-0.2, 0) is 16.1 Å². The van der Waals surface area contributed by atoms with Crippen LogP contribution in [0.2, 0.25) is 5.15 Å². The van der Waals surface area contributed by atoms with Crippen LogP contribution in [0.3, 0.4) is 0 Å². The number of nitrogens with zero attached hydrogens (tertiary/aromatic N) is 4. The van der Waals surface area contributed by atoms with Crippen molar-refractivity contribution < 1.29 is 9.59 Å². The van der Waals surface area contributed by atoms with Crippen molar-refractivity contribution in [3.05, 3.63) is 57.9 Å². The van der Waals surface area contributed by atoms with E-state index < -0.39 is 0 Å². The molecule has 176 valence electrons. The Hall–Kier alpha value is -2.60. The SMILES string of the molecule is Cc1ccc(Cn2nc(C)c(/C=C/C(=O)N3CCC(CC(=O)N4CCCC4)CC3)c2Cl)cc1. The standard InChI is InChI=1S/C26H33ClN4O2/c1-19-5-7-22(8-6-19)18-31-26(27)23(20(2)28-31)9-10-24(32)30-15-11-21(12-16-30)17-25(33)29-13-3-4-14-29/h5-10,21H,3-4,11-18H2,1-2H3/b10-9+. The Bertz CT molecular complexity index is 1010. The summed E-state index contributed by atoms with van der Waals surface area (Å²) in [6, 6.07) is 8.29. The van der Waals surface area contributed by atoms with E-state index in [1.54, 1.807) is 16.8 Å². The van der Waals surface area contributed by atoms with E-state index in [0.29, 0.717) is 37.1 Å². The van der Waals surface area contributed by atoms with Gasteiger partial charge in [-0.05, 0) is 57.1 Å². The second-order valence-corrected chi connectivity index (χ2v) is 9.69. The monoisotopic (exact) mass is 468 g/mol. The van der Waals surface area contributed by atoms with Crippen molar-refractivity contribution in [3.8, 4) is 0 Å². The lowest BCUT2D eigenvalue weighted by Crippen LogP contribution is -2.39. The summed E-state index contributed by atoms with van der Waals surface area (Å²) in [5.41, 5.74) is 3.92. The Kier molecular flexibility index (Phi) is 7.53. The number of rotatable bonds is 6. The minimum absolute atomic E-state index is 0.0129. The first kappa shape index (κ1) is 23.6. The molecule has 0 aliphatic carbocycles. The van der Waals surface area contributed by atoms with E-state index >= 15 is 0 Å². The van der Waals surface area contributed by atoms with Gasteiger partial charge in [0.15, 0.2) is 0 Å². The number of hydrogen-bond acceptors (Lipinski definition) is 3. The van der Waals surface area contributed by atoms with Crippen molar-refractivity contribution in [2.75, 3.05) is 26.2 Å². The van der Waals surface area contributed by atoms with Crippen LogP contribution in [0.25, 0.3) is 6.08 Å². The summed E-state index contributed by atoms with van der Waals surface area (Å²) in [4.78, 5) is 29.0. The lowest BCUT2D eigenvalue weighted by Gasteiger charge is -2.31. The average molecular weight is 469 g/mol. The van der Waals surface area contributed by atoms with Gasteiger partial charge >= 0.3 is 0 Å². The number of aryl methyl sites for hydroxylation is 2. The highest BCUT2D eigenvalue weighted by Crippen LogP contribution is 2.25. The van der Waals surface area contributed by atoms with E-state index in [9.17, 15) is 9.59 Å². The number of carbonyl (C=O) groups excluding carboxylic acids is 2. The lowest BCUT2D eigenvalue weighted by atomic mass is 9.93. The maximum absolute atomic E-state index is 12.8. The van der Waals surface area contributed by atoms with Gasteiger partial charge in [0.05, 0.1) is 12.2 Å². The summed E-state index contributed by atoms with van der Waals surface area (Å²) >= 11 is 6.59. The van der Waals surface area contributed by atoms with Gasteiger partial charge in [-0.3, -0.25) is 9.59 Å². The molecule has 33 heavy (non-hydrogen) atoms. The Morgan fingerprint density at radius 3 is 2.36 bits per heavy atom. The fraction of sp³-hybridized carbons (Fsp3) is 0.500. The highest BCUT2D eigenvalue weighted by Gasteiger charge is 2.26. The molecule has 2 fully saturated rings. The molecule has 0 N–H and O–H groups in total. The molecule has 2 saturated heterocycles. The summed E-state index contributed by atoms with van der Waals surface area (Å²) < 4.78 is 1.77. The molecule has 2 aliphatic rings. The molecule has 1 aromatic heterocycles. The number of carbonyl (C=O) groups is 2. The van der Waals surface area contributed by atoms with Crippen molar-refractivity contribution in [2.24, 2.45) is 5.92 Å². The number of hydrogen-bond donors (Lipinski definition) is 0. The molecule has 6 nitrogen and oxygen atoms in total. The molecule has 0 bridgehead atoms. The van der Waals surface area contributed by atoms with Gasteiger partial charge in [-0.25, -0.2) is 4.68 Å². The van der Waals surface area contributed by atoms with E-state index in [1.807, 2.05) is 16.7 Å². The van der Waals surface area contributed by atoms with Crippen LogP contribution in [0.4, 0.5) is 0 Å². The summed E-state index contributed by atoms with van der Waals surface area (Å²) in [5, 5.41) is 5.10. The highest BCUT2D eigenvalue weighted by atomic mass is 35.5. The highest BCUT2D eigenvalue weighted by molar-refractivity contribution is 6.31. The van der Waals surface area contributed by atoms with Gasteiger partial charge in [0.25, 0.3) is 0 Å². The fourth-order valence-corrected chi connectivity index (χ4v) is 4.99. The predicted molar refractivity (Wildman–Crippen MR) is 131 cm³/mol. The fourth-order valence-electron chi connectivity index (χ4n) is 4.69. The van der Waals surface area contributed by atoms with Crippen molar-refractivity contribution in [1.82, 2.24) is 19.6 Å². The Morgan fingerprint density at radius 1 is 1.03 bits per heavy atom. The number of halogens is 1. The molecule has 7 heteroatoms. The Balaban J connectivity index is 1.31. The van der Waals surface area contributed by atoms with Crippen LogP contribution in [0.5, 0.6) is 0 Å². The van der Waals surface area contributed by atoms with Gasteiger partial charge < -0.3 is 9.80 Å². The second kappa shape index (κ2) is 10.6. The van der Waals surface area contributed by atoms with E-state index in [0.717, 1.165) is 55.6 Å². The third kappa shape index (κ3) is 5.85. The molecule has 2 aliphatic heterocycles. The smallest absolute Gasteiger partial charge is 0.246 e. The predicted octanol–water partition coefficient (Wildman–Crippen LogP) is 4.47. The summed E-state index contributed by atoms with van der Waals surface area (Å²) in [7, 11) is 0. The number of likely N-dealkylation sites (tertiary alicyclic amines) is 2. The van der Waals surface area contributed by atoms with Crippen LogP contribution in [0.1, 0.15) is 54.5 Å². The molecule has 0 saturated carbocycles. The van der Waals surface area contributed by atoms with Crippen LogP contribution in [-0.4, -0.2) is 57.6 Å². The molecule has 0 atom stereocenters. The third-order valence-electron chi connectivity index (χ3n) is 6.80. The first-order valence-corrected chi connectivity index (χ1v) is 12.3. The molecule has 0 radical (unpaired) electrons. The van der Waals surface area contributed by atoms with Crippen LogP contribution >= 0.6 is 11.6 Å². The normalized spacial score (nSPS) is 17.3. The zero-order valence-corrected chi connectivity index (χ0v) is 20.4. The number of aromatic nitrogens is 2. The van der Waals surface area contributed by atoms with Crippen molar-refractivity contribution in [1.29, 1.82) is 0 Å². The average Bonchev–Trinajstić information content (AvgIpc) is 3.43. The maximum Gasteiger partial charge on any atom is 0.246 e. The molecule has 2 amide bonds. The van der Waals surface area contributed by atoms with Crippen molar-refractivity contribution >= 4 is 29.5 Å². The van der Waals surface area contributed by atoms with Crippen LogP contribution in [0, 0.1) is 19.8 Å². The molecule has 2 aromatic rings. The molecular weight excluding hydrogens is 436 g/mol. The molecule has 1 aromatic carbocycles. The van der Waals surface area contributed by atoms with E-state index in [-0.39, 0.29) is 11.8 Å². The summed E-state index contributed by atoms with van der Waals surface area (Å²) in [6.07, 6.45) is 8.01. The van der Waals surface area contributed by atoms with Crippen molar-refractivity contribution in [3.63, 3.8) is 0 Å². The number of piperidine rings is 1. The maximum atomic E-state index is 12.8. The number of amides is 2. The van der Waals surface area contributed by atoms with Gasteiger partial charge in [0.1, 0.15) is 5.15 Å². The quantitative estimate of drug-likeness (QED) is 0.588. The molecule has 4 rings (SSSR count). The largest absolute Gasteiger partial charge is 0.343 e. The lowest BCUT2D eigenvalue weighted by molar-refractivity contribution is -0.131. The summed E-state index contributed by atoms with van der Waals surface area (Å²) in [5.74, 6) is 0.647. The topological polar surface area (TPSA) is 58.4 Å². The zero-order chi connectivity index (χ0) is 23.4. The minimum atomic E-state index is -0.0129. The van der Waals surface area contributed by atoms with Gasteiger partial charge in [0, 0.05) is 44.2 Å². The molecule has 3 heterocycles.